The van der Waals surface area contributed by atoms with Crippen LogP contribution >= 0.6 is 0 Å². The monoisotopic (exact) mass is 257 g/mol. The van der Waals surface area contributed by atoms with Gasteiger partial charge < -0.3 is 10.3 Å². The lowest BCUT2D eigenvalue weighted by Crippen LogP contribution is -2.45. The average Bonchev–Trinajstić information content (AvgIpc) is 2.93. The van der Waals surface area contributed by atoms with E-state index >= 15 is 0 Å². The molecule has 0 saturated carbocycles. The maximum atomic E-state index is 3.44. The zero-order valence-corrected chi connectivity index (χ0v) is 11.7. The van der Waals surface area contributed by atoms with Gasteiger partial charge in [0.1, 0.15) is 0 Å². The number of aromatic amines is 1. The predicted molar refractivity (Wildman–Crippen MR) is 80.4 cm³/mol. The Hall–Kier alpha value is -1.32. The predicted octanol–water partition coefficient (Wildman–Crippen LogP) is 2.91. The molecule has 1 aliphatic rings. The molecule has 3 heteroatoms. The zero-order valence-electron chi connectivity index (χ0n) is 11.7. The lowest BCUT2D eigenvalue weighted by molar-refractivity contribution is 0.165. The number of fused-ring (bicyclic) bond motifs is 1. The van der Waals surface area contributed by atoms with Crippen LogP contribution < -0.4 is 5.32 Å². The van der Waals surface area contributed by atoms with Crippen molar-refractivity contribution in [1.29, 1.82) is 0 Å². The Morgan fingerprint density at radius 2 is 2.05 bits per heavy atom. The summed E-state index contributed by atoms with van der Waals surface area (Å²) in [6, 6.07) is 9.61. The molecule has 1 saturated heterocycles. The van der Waals surface area contributed by atoms with Gasteiger partial charge in [0.05, 0.1) is 0 Å². The van der Waals surface area contributed by atoms with E-state index in [9.17, 15) is 0 Å². The highest BCUT2D eigenvalue weighted by Gasteiger charge is 2.21. The van der Waals surface area contributed by atoms with Crippen molar-refractivity contribution in [2.75, 3.05) is 26.2 Å². The van der Waals surface area contributed by atoms with Crippen molar-refractivity contribution < 1.29 is 0 Å². The van der Waals surface area contributed by atoms with Crippen LogP contribution in [0.3, 0.4) is 0 Å². The summed E-state index contributed by atoms with van der Waals surface area (Å²) < 4.78 is 0. The van der Waals surface area contributed by atoms with Gasteiger partial charge in [-0.1, -0.05) is 19.4 Å². The van der Waals surface area contributed by atoms with Crippen LogP contribution in [0.5, 0.6) is 0 Å². The van der Waals surface area contributed by atoms with E-state index in [2.05, 4.69) is 46.4 Å². The summed E-state index contributed by atoms with van der Waals surface area (Å²) in [4.78, 5) is 5.91. The number of benzene rings is 1. The Kier molecular flexibility index (Phi) is 3.85. The van der Waals surface area contributed by atoms with Gasteiger partial charge in [-0.05, 0) is 35.6 Å². The van der Waals surface area contributed by atoms with Crippen molar-refractivity contribution in [2.24, 2.45) is 0 Å². The lowest BCUT2D eigenvalue weighted by Gasteiger charge is -2.35. The van der Waals surface area contributed by atoms with E-state index in [1.165, 1.54) is 29.3 Å². The molecule has 0 radical (unpaired) electrons. The van der Waals surface area contributed by atoms with E-state index in [0.717, 1.165) is 26.2 Å². The van der Waals surface area contributed by atoms with Crippen molar-refractivity contribution in [1.82, 2.24) is 15.2 Å². The van der Waals surface area contributed by atoms with Crippen LogP contribution in [-0.4, -0.2) is 36.1 Å². The minimum atomic E-state index is 0.575. The topological polar surface area (TPSA) is 31.1 Å². The third-order valence-electron chi connectivity index (χ3n) is 4.12. The number of hydrogen-bond acceptors (Lipinski definition) is 2. The van der Waals surface area contributed by atoms with Crippen LogP contribution in [0.4, 0.5) is 0 Å². The summed E-state index contributed by atoms with van der Waals surface area (Å²) in [7, 11) is 0. The number of H-pyrrole nitrogens is 1. The molecule has 1 aromatic carbocycles. The van der Waals surface area contributed by atoms with E-state index in [1.807, 2.05) is 6.20 Å². The molecule has 1 atom stereocenters. The normalized spacial score (nSPS) is 18.8. The molecule has 0 aliphatic carbocycles. The second kappa shape index (κ2) is 5.76. The van der Waals surface area contributed by atoms with Crippen LogP contribution in [-0.2, 0) is 0 Å². The van der Waals surface area contributed by atoms with Gasteiger partial charge in [-0.3, -0.25) is 4.90 Å². The van der Waals surface area contributed by atoms with Crippen molar-refractivity contribution in [3.8, 4) is 0 Å². The van der Waals surface area contributed by atoms with Gasteiger partial charge in [-0.2, -0.15) is 0 Å². The van der Waals surface area contributed by atoms with Gasteiger partial charge in [0.15, 0.2) is 0 Å². The quantitative estimate of drug-likeness (QED) is 0.882. The van der Waals surface area contributed by atoms with Crippen LogP contribution in [0.2, 0.25) is 0 Å². The first-order valence-corrected chi connectivity index (χ1v) is 7.40. The highest BCUT2D eigenvalue weighted by Crippen LogP contribution is 2.28. The van der Waals surface area contributed by atoms with Crippen LogP contribution in [0.25, 0.3) is 10.9 Å². The molecule has 2 N–H and O–H groups in total. The van der Waals surface area contributed by atoms with Gasteiger partial charge in [-0.15, -0.1) is 0 Å². The van der Waals surface area contributed by atoms with E-state index in [-0.39, 0.29) is 0 Å². The van der Waals surface area contributed by atoms with Crippen molar-refractivity contribution in [2.45, 2.75) is 25.8 Å². The third kappa shape index (κ3) is 2.67. The molecule has 2 heterocycles. The second-order valence-corrected chi connectivity index (χ2v) is 5.41. The Morgan fingerprint density at radius 1 is 1.21 bits per heavy atom. The number of nitrogens with one attached hydrogen (secondary N) is 2. The standard InChI is InChI=1S/C16H23N3/c1-2-3-16(19-10-8-17-9-11-19)14-4-5-15-13(12-14)6-7-18-15/h4-7,12,16-18H,2-3,8-11H2,1H3/t16-/m1/s1. The minimum Gasteiger partial charge on any atom is -0.361 e. The number of piperazine rings is 1. The minimum absolute atomic E-state index is 0.575. The highest BCUT2D eigenvalue weighted by atomic mass is 15.2. The van der Waals surface area contributed by atoms with Gasteiger partial charge in [0, 0.05) is 43.9 Å². The molecular weight excluding hydrogens is 234 g/mol. The summed E-state index contributed by atoms with van der Waals surface area (Å²) in [5, 5.41) is 4.77. The molecule has 3 rings (SSSR count). The van der Waals surface area contributed by atoms with E-state index in [1.54, 1.807) is 0 Å². The number of rotatable bonds is 4. The van der Waals surface area contributed by atoms with Crippen molar-refractivity contribution in [3.63, 3.8) is 0 Å². The van der Waals surface area contributed by atoms with Gasteiger partial charge in [0.2, 0.25) is 0 Å². The molecule has 0 spiro atoms. The molecule has 19 heavy (non-hydrogen) atoms. The van der Waals surface area contributed by atoms with Crippen molar-refractivity contribution in [3.05, 3.63) is 36.0 Å². The summed E-state index contributed by atoms with van der Waals surface area (Å²) in [5.74, 6) is 0. The van der Waals surface area contributed by atoms with Crippen molar-refractivity contribution >= 4 is 10.9 Å². The Labute approximate surface area is 115 Å². The summed E-state index contributed by atoms with van der Waals surface area (Å²) in [6.45, 7) is 6.84. The number of aromatic nitrogens is 1. The van der Waals surface area contributed by atoms with Gasteiger partial charge in [-0.25, -0.2) is 0 Å². The Balaban J connectivity index is 1.88. The average molecular weight is 257 g/mol. The first-order chi connectivity index (χ1) is 9.38. The maximum absolute atomic E-state index is 3.44. The second-order valence-electron chi connectivity index (χ2n) is 5.41. The molecule has 102 valence electrons. The summed E-state index contributed by atoms with van der Waals surface area (Å²) in [6.07, 6.45) is 4.50. The first kappa shape index (κ1) is 12.7. The fourth-order valence-corrected chi connectivity index (χ4v) is 3.11. The molecule has 0 bridgehead atoms. The number of nitrogens with zero attached hydrogens (tertiary/aromatic N) is 1. The highest BCUT2D eigenvalue weighted by molar-refractivity contribution is 5.80. The van der Waals surface area contributed by atoms with Crippen LogP contribution in [0.1, 0.15) is 31.4 Å². The van der Waals surface area contributed by atoms with Gasteiger partial charge >= 0.3 is 0 Å². The van der Waals surface area contributed by atoms with E-state index in [4.69, 9.17) is 0 Å². The van der Waals surface area contributed by atoms with Crippen LogP contribution in [0.15, 0.2) is 30.5 Å². The molecule has 0 amide bonds. The zero-order chi connectivity index (χ0) is 13.1. The Morgan fingerprint density at radius 3 is 2.84 bits per heavy atom. The van der Waals surface area contributed by atoms with E-state index in [0.29, 0.717) is 6.04 Å². The smallest absolute Gasteiger partial charge is 0.0454 e. The molecule has 2 aromatic rings. The molecular formula is C16H23N3. The molecule has 3 nitrogen and oxygen atoms in total. The molecule has 1 aliphatic heterocycles. The lowest BCUT2D eigenvalue weighted by atomic mass is 9.98. The Bertz CT molecular complexity index is 526. The molecule has 0 unspecified atom stereocenters. The van der Waals surface area contributed by atoms with E-state index < -0.39 is 0 Å². The third-order valence-corrected chi connectivity index (χ3v) is 4.12. The number of hydrogen-bond donors (Lipinski definition) is 2. The van der Waals surface area contributed by atoms with Crippen LogP contribution in [0, 0.1) is 0 Å². The maximum Gasteiger partial charge on any atom is 0.0454 e. The first-order valence-electron chi connectivity index (χ1n) is 7.40. The molecule has 1 fully saturated rings. The SMILES string of the molecule is CCC[C@H](c1ccc2[nH]ccc2c1)N1CCNCC1. The largest absolute Gasteiger partial charge is 0.361 e. The fraction of sp³-hybridized carbons (Fsp3) is 0.500. The summed E-state index contributed by atoms with van der Waals surface area (Å²) >= 11 is 0. The van der Waals surface area contributed by atoms with Gasteiger partial charge in [0.25, 0.3) is 0 Å². The molecule has 1 aromatic heterocycles. The fourth-order valence-electron chi connectivity index (χ4n) is 3.11. The summed E-state index contributed by atoms with van der Waals surface area (Å²) in [5.41, 5.74) is 2.70.